The van der Waals surface area contributed by atoms with Gasteiger partial charge in [0, 0.05) is 26.3 Å². The molecule has 0 aliphatic heterocycles. The Morgan fingerprint density at radius 3 is 2.32 bits per heavy atom. The van der Waals surface area contributed by atoms with Crippen LogP contribution in [0.25, 0.3) is 49.9 Å². The molecule has 0 fully saturated rings. The second kappa shape index (κ2) is 10.7. The van der Waals surface area contributed by atoms with Gasteiger partial charge in [0.1, 0.15) is 6.33 Å². The fourth-order valence-corrected chi connectivity index (χ4v) is 4.73. The van der Waals surface area contributed by atoms with Gasteiger partial charge in [-0.15, -0.1) is 70.9 Å². The van der Waals surface area contributed by atoms with Gasteiger partial charge in [0.2, 0.25) is 5.71 Å². The number of para-hydroxylation sites is 1. The number of hydrogen-bond donors (Lipinski definition) is 0. The van der Waals surface area contributed by atoms with Crippen molar-refractivity contribution < 1.29 is 24.5 Å². The van der Waals surface area contributed by atoms with Crippen LogP contribution in [0.2, 0.25) is 0 Å². The molecule has 4 aromatic carbocycles. The maximum atomic E-state index is 6.18. The summed E-state index contributed by atoms with van der Waals surface area (Å²) in [6.07, 6.45) is 3.72. The quantitative estimate of drug-likeness (QED) is 0.174. The number of fused-ring (bicyclic) bond motifs is 5. The molecule has 0 N–H and O–H groups in total. The largest absolute Gasteiger partial charge is 0.448 e. The summed E-state index contributed by atoms with van der Waals surface area (Å²) in [7, 11) is 0. The van der Waals surface area contributed by atoms with Gasteiger partial charge in [0.05, 0.1) is 16.8 Å². The maximum absolute atomic E-state index is 6.18. The molecule has 7 aromatic rings. The van der Waals surface area contributed by atoms with Crippen LogP contribution in [0.1, 0.15) is 16.7 Å². The Labute approximate surface area is 235 Å². The summed E-state index contributed by atoms with van der Waals surface area (Å²) in [5.41, 5.74) is 9.26. The predicted molar refractivity (Wildman–Crippen MR) is 150 cm³/mol. The summed E-state index contributed by atoms with van der Waals surface area (Å²) < 4.78 is 8.23. The third-order valence-electron chi connectivity index (χ3n) is 6.54. The van der Waals surface area contributed by atoms with E-state index in [0.717, 1.165) is 49.9 Å². The van der Waals surface area contributed by atoms with Crippen molar-refractivity contribution in [2.75, 3.05) is 0 Å². The number of pyridine rings is 1. The minimum atomic E-state index is 0. The summed E-state index contributed by atoms with van der Waals surface area (Å²) in [6, 6.07) is 34.8. The van der Waals surface area contributed by atoms with Crippen LogP contribution in [0.3, 0.4) is 0 Å². The smallest absolute Gasteiger partial charge is 0.221 e. The minimum absolute atomic E-state index is 0. The SMILES string of the molecule is Cc1ccc(-c2[c-]cccc2)nc1.Cc1cccc(C)c1-n1cnc2c3c(ccc4ccc[c-]c43)oc21.[Ir]. The minimum Gasteiger partial charge on any atom is -0.448 e. The molecule has 0 bridgehead atoms. The van der Waals surface area contributed by atoms with Gasteiger partial charge in [-0.3, -0.25) is 4.57 Å². The molecule has 189 valence electrons. The van der Waals surface area contributed by atoms with Crippen molar-refractivity contribution in [2.24, 2.45) is 0 Å². The van der Waals surface area contributed by atoms with E-state index in [2.05, 4.69) is 76.9 Å². The molecule has 0 aliphatic carbocycles. The van der Waals surface area contributed by atoms with Gasteiger partial charge >= 0.3 is 0 Å². The summed E-state index contributed by atoms with van der Waals surface area (Å²) in [6.45, 7) is 6.26. The van der Waals surface area contributed by atoms with Gasteiger partial charge in [0.15, 0.2) is 0 Å². The summed E-state index contributed by atoms with van der Waals surface area (Å²) in [5, 5.41) is 3.24. The molecule has 0 amide bonds. The average Bonchev–Trinajstić information content (AvgIpc) is 3.50. The van der Waals surface area contributed by atoms with E-state index in [-0.39, 0.29) is 20.1 Å². The molecule has 38 heavy (non-hydrogen) atoms. The zero-order chi connectivity index (χ0) is 25.4. The van der Waals surface area contributed by atoms with Crippen LogP contribution < -0.4 is 0 Å². The van der Waals surface area contributed by atoms with Gasteiger partial charge < -0.3 is 9.40 Å². The monoisotopic (exact) mass is 672 g/mol. The van der Waals surface area contributed by atoms with Crippen LogP contribution in [-0.2, 0) is 20.1 Å². The summed E-state index contributed by atoms with van der Waals surface area (Å²) in [4.78, 5) is 8.98. The van der Waals surface area contributed by atoms with Crippen molar-refractivity contribution in [3.63, 3.8) is 0 Å². The van der Waals surface area contributed by atoms with Gasteiger partial charge in [-0.25, -0.2) is 4.98 Å². The Hall–Kier alpha value is -4.05. The maximum Gasteiger partial charge on any atom is 0.221 e. The average molecular weight is 672 g/mol. The fraction of sp³-hybridized carbons (Fsp3) is 0.0909. The van der Waals surface area contributed by atoms with Crippen LogP contribution in [0.15, 0.2) is 102 Å². The second-order valence-corrected chi connectivity index (χ2v) is 9.18. The van der Waals surface area contributed by atoms with E-state index in [4.69, 9.17) is 4.42 Å². The molecule has 0 unspecified atom stereocenters. The molecule has 1 radical (unpaired) electrons. The molecular formula is C33H25IrN3O-2. The van der Waals surface area contributed by atoms with Crippen LogP contribution in [0.5, 0.6) is 0 Å². The van der Waals surface area contributed by atoms with Crippen molar-refractivity contribution in [1.82, 2.24) is 14.5 Å². The van der Waals surface area contributed by atoms with Crippen LogP contribution in [0, 0.1) is 32.9 Å². The van der Waals surface area contributed by atoms with Crippen molar-refractivity contribution in [3.8, 4) is 16.9 Å². The van der Waals surface area contributed by atoms with Crippen molar-refractivity contribution in [2.45, 2.75) is 20.8 Å². The first-order valence-corrected chi connectivity index (χ1v) is 12.3. The Bertz CT molecular complexity index is 1830. The Morgan fingerprint density at radius 1 is 0.763 bits per heavy atom. The number of benzene rings is 4. The Kier molecular flexibility index (Phi) is 7.24. The molecule has 3 heterocycles. The zero-order valence-corrected chi connectivity index (χ0v) is 23.7. The number of hydrogen-bond acceptors (Lipinski definition) is 3. The molecule has 5 heteroatoms. The molecule has 7 rings (SSSR count). The Balaban J connectivity index is 0.000000179. The number of imidazole rings is 1. The first kappa shape index (κ1) is 25.6. The molecule has 0 spiro atoms. The van der Waals surface area contributed by atoms with E-state index >= 15 is 0 Å². The molecule has 0 atom stereocenters. The van der Waals surface area contributed by atoms with Gasteiger partial charge in [-0.05, 0) is 54.6 Å². The third-order valence-corrected chi connectivity index (χ3v) is 6.54. The van der Waals surface area contributed by atoms with Gasteiger partial charge in [-0.2, -0.15) is 0 Å². The molecule has 4 nitrogen and oxygen atoms in total. The molecule has 0 saturated carbocycles. The van der Waals surface area contributed by atoms with Crippen LogP contribution in [0.4, 0.5) is 0 Å². The van der Waals surface area contributed by atoms with Gasteiger partial charge in [0.25, 0.3) is 0 Å². The van der Waals surface area contributed by atoms with E-state index in [1.807, 2.05) is 68.0 Å². The normalized spacial score (nSPS) is 10.8. The fourth-order valence-electron chi connectivity index (χ4n) is 4.73. The third kappa shape index (κ3) is 4.67. The molecule has 0 saturated heterocycles. The molecule has 3 aromatic heterocycles. The van der Waals surface area contributed by atoms with Crippen LogP contribution in [-0.4, -0.2) is 14.5 Å². The summed E-state index contributed by atoms with van der Waals surface area (Å²) in [5.74, 6) is 0. The van der Waals surface area contributed by atoms with E-state index in [9.17, 15) is 0 Å². The van der Waals surface area contributed by atoms with E-state index in [0.29, 0.717) is 0 Å². The molecule has 0 aliphatic rings. The number of aryl methyl sites for hydroxylation is 3. The first-order valence-electron chi connectivity index (χ1n) is 12.3. The van der Waals surface area contributed by atoms with E-state index in [1.54, 1.807) is 0 Å². The van der Waals surface area contributed by atoms with Crippen molar-refractivity contribution in [3.05, 3.63) is 126 Å². The zero-order valence-electron chi connectivity index (χ0n) is 21.3. The summed E-state index contributed by atoms with van der Waals surface area (Å²) >= 11 is 0. The van der Waals surface area contributed by atoms with Crippen LogP contribution >= 0.6 is 0 Å². The number of nitrogens with zero attached hydrogens (tertiary/aromatic N) is 3. The van der Waals surface area contributed by atoms with Crippen molar-refractivity contribution in [1.29, 1.82) is 0 Å². The number of rotatable bonds is 2. The van der Waals surface area contributed by atoms with Crippen molar-refractivity contribution >= 4 is 33.0 Å². The van der Waals surface area contributed by atoms with E-state index in [1.165, 1.54) is 16.7 Å². The predicted octanol–water partition coefficient (Wildman–Crippen LogP) is 8.20. The first-order chi connectivity index (χ1) is 18.1. The Morgan fingerprint density at radius 2 is 1.58 bits per heavy atom. The number of aromatic nitrogens is 3. The van der Waals surface area contributed by atoms with E-state index < -0.39 is 0 Å². The van der Waals surface area contributed by atoms with Gasteiger partial charge in [-0.1, -0.05) is 36.4 Å². The second-order valence-electron chi connectivity index (χ2n) is 9.18. The standard InChI is InChI=1S/C21H15N2O.C12H10N.Ir/c1-13-6-5-7-14(2)20(13)23-12-22-19-18-16-9-4-3-8-15(16)10-11-17(18)24-21(19)23;1-10-7-8-12(13-9-10)11-5-3-2-4-6-11;/h3-8,10-12H,1-2H3;2-5,7-9H,1H3;/q2*-1;. The topological polar surface area (TPSA) is 43.9 Å². The number of furan rings is 1. The molecular weight excluding hydrogens is 647 g/mol.